The summed E-state index contributed by atoms with van der Waals surface area (Å²) in [6, 6.07) is 3.64. The number of thiazole rings is 1. The highest BCUT2D eigenvalue weighted by Gasteiger charge is 2.26. The highest BCUT2D eigenvalue weighted by Crippen LogP contribution is 2.24. The molecule has 10 heteroatoms. The molecule has 0 fully saturated rings. The van der Waals surface area contributed by atoms with Crippen molar-refractivity contribution in [2.75, 3.05) is 7.11 Å². The van der Waals surface area contributed by atoms with Crippen LogP contribution in [-0.4, -0.2) is 26.5 Å². The molecule has 1 N–H and O–H groups in total. The van der Waals surface area contributed by atoms with E-state index in [-0.39, 0.29) is 16.4 Å². The van der Waals surface area contributed by atoms with Crippen molar-refractivity contribution in [1.29, 1.82) is 0 Å². The number of esters is 1. The summed E-state index contributed by atoms with van der Waals surface area (Å²) >= 11 is 5.60. The number of thiophene rings is 1. The lowest BCUT2D eigenvalue weighted by Gasteiger charge is -2.04. The van der Waals surface area contributed by atoms with Crippen LogP contribution in [-0.2, 0) is 21.3 Å². The maximum absolute atomic E-state index is 12.2. The number of aromatic nitrogens is 1. The van der Waals surface area contributed by atoms with E-state index in [1.54, 1.807) is 0 Å². The van der Waals surface area contributed by atoms with Gasteiger partial charge in [0.2, 0.25) is 0 Å². The minimum atomic E-state index is -3.80. The molecular formula is C10H9BrN2O4S3. The summed E-state index contributed by atoms with van der Waals surface area (Å²) in [4.78, 5) is 16.0. The average molecular weight is 397 g/mol. The third-order valence-electron chi connectivity index (χ3n) is 2.22. The van der Waals surface area contributed by atoms with Crippen molar-refractivity contribution in [1.82, 2.24) is 9.71 Å². The Balaban J connectivity index is 2.18. The molecule has 108 valence electrons. The van der Waals surface area contributed by atoms with Crippen LogP contribution in [0.2, 0.25) is 0 Å². The molecule has 0 atom stereocenters. The average Bonchev–Trinajstić information content (AvgIpc) is 3.04. The lowest BCUT2D eigenvalue weighted by molar-refractivity contribution is 0.0590. The van der Waals surface area contributed by atoms with E-state index >= 15 is 0 Å². The largest absolute Gasteiger partial charge is 0.464 e. The number of nitrogens with zero attached hydrogens (tertiary/aromatic N) is 1. The second kappa shape index (κ2) is 6.31. The summed E-state index contributed by atoms with van der Waals surface area (Å²) in [5.41, 5.74) is 1.10. The van der Waals surface area contributed by atoms with Crippen molar-refractivity contribution in [3.05, 3.63) is 32.0 Å². The molecule has 2 aromatic heterocycles. The molecule has 0 unspecified atom stereocenters. The monoisotopic (exact) mass is 396 g/mol. The SMILES string of the molecule is COC(=O)c1ncsc1S(=O)(=O)NCc1ccc(Br)s1. The topological polar surface area (TPSA) is 85.4 Å². The number of halogens is 1. The molecular weight excluding hydrogens is 388 g/mol. The second-order valence-electron chi connectivity index (χ2n) is 3.51. The normalized spacial score (nSPS) is 11.5. The predicted octanol–water partition coefficient (Wildman–Crippen LogP) is 2.23. The fraction of sp³-hybridized carbons (Fsp3) is 0.200. The summed E-state index contributed by atoms with van der Waals surface area (Å²) in [6.45, 7) is 0.150. The van der Waals surface area contributed by atoms with Gasteiger partial charge in [-0.1, -0.05) is 0 Å². The smallest absolute Gasteiger partial charge is 0.358 e. The van der Waals surface area contributed by atoms with Crippen LogP contribution in [0.5, 0.6) is 0 Å². The molecule has 2 aromatic rings. The Morgan fingerprint density at radius 3 is 2.85 bits per heavy atom. The van der Waals surface area contributed by atoms with E-state index in [9.17, 15) is 13.2 Å². The summed E-state index contributed by atoms with van der Waals surface area (Å²) in [5, 5.41) is 0. The van der Waals surface area contributed by atoms with Gasteiger partial charge < -0.3 is 4.74 Å². The van der Waals surface area contributed by atoms with E-state index in [1.165, 1.54) is 24.0 Å². The number of hydrogen-bond acceptors (Lipinski definition) is 7. The molecule has 0 amide bonds. The van der Waals surface area contributed by atoms with Gasteiger partial charge in [-0.15, -0.1) is 22.7 Å². The Labute approximate surface area is 132 Å². The molecule has 0 aromatic carbocycles. The number of ether oxygens (including phenoxy) is 1. The first-order valence-electron chi connectivity index (χ1n) is 5.19. The molecule has 2 rings (SSSR count). The van der Waals surface area contributed by atoms with Crippen LogP contribution >= 0.6 is 38.6 Å². The van der Waals surface area contributed by atoms with Crippen LogP contribution in [0.15, 0.2) is 25.6 Å². The van der Waals surface area contributed by atoms with Crippen LogP contribution in [0.4, 0.5) is 0 Å². The van der Waals surface area contributed by atoms with Crippen LogP contribution in [0.1, 0.15) is 15.4 Å². The molecule has 2 heterocycles. The third kappa shape index (κ3) is 3.44. The first-order chi connectivity index (χ1) is 9.44. The zero-order valence-electron chi connectivity index (χ0n) is 10.1. The maximum atomic E-state index is 12.2. The highest BCUT2D eigenvalue weighted by molar-refractivity contribution is 9.11. The van der Waals surface area contributed by atoms with Gasteiger partial charge in [0, 0.05) is 11.4 Å². The fourth-order valence-electron chi connectivity index (χ4n) is 1.34. The Hall–Kier alpha value is -0.810. The van der Waals surface area contributed by atoms with E-state index in [0.717, 1.165) is 20.0 Å². The molecule has 0 saturated heterocycles. The van der Waals surface area contributed by atoms with Crippen LogP contribution in [0, 0.1) is 0 Å². The van der Waals surface area contributed by atoms with Gasteiger partial charge in [0.15, 0.2) is 9.90 Å². The second-order valence-corrected chi connectivity index (χ2v) is 8.87. The number of hydrogen-bond donors (Lipinski definition) is 1. The van der Waals surface area contributed by atoms with Crippen molar-refractivity contribution in [3.8, 4) is 0 Å². The standard InChI is InChI=1S/C10H9BrN2O4S3/c1-17-9(14)8-10(18-5-12-8)20(15,16)13-4-6-2-3-7(11)19-6/h2-3,5,13H,4H2,1H3. The number of carbonyl (C=O) groups is 1. The van der Waals surface area contributed by atoms with Gasteiger partial charge in [0.05, 0.1) is 16.4 Å². The van der Waals surface area contributed by atoms with Gasteiger partial charge in [-0.05, 0) is 28.1 Å². The maximum Gasteiger partial charge on any atom is 0.358 e. The summed E-state index contributed by atoms with van der Waals surface area (Å²) < 4.78 is 32.0. The fourth-order valence-corrected chi connectivity index (χ4v) is 5.03. The van der Waals surface area contributed by atoms with Gasteiger partial charge in [0.25, 0.3) is 10.0 Å². The van der Waals surface area contributed by atoms with Crippen molar-refractivity contribution in [2.24, 2.45) is 0 Å². The zero-order valence-corrected chi connectivity index (χ0v) is 14.2. The van der Waals surface area contributed by atoms with Gasteiger partial charge in [-0.25, -0.2) is 22.9 Å². The van der Waals surface area contributed by atoms with E-state index in [0.29, 0.717) is 0 Å². The van der Waals surface area contributed by atoms with Crippen molar-refractivity contribution >= 4 is 54.6 Å². The lowest BCUT2D eigenvalue weighted by atomic mass is 10.5. The molecule has 0 bridgehead atoms. The van der Waals surface area contributed by atoms with Gasteiger partial charge in [0.1, 0.15) is 0 Å². The Morgan fingerprint density at radius 2 is 2.25 bits per heavy atom. The van der Waals surface area contributed by atoms with Gasteiger partial charge in [-0.2, -0.15) is 0 Å². The molecule has 6 nitrogen and oxygen atoms in total. The van der Waals surface area contributed by atoms with Crippen LogP contribution < -0.4 is 4.72 Å². The lowest BCUT2D eigenvalue weighted by Crippen LogP contribution is -2.24. The molecule has 0 saturated carbocycles. The first kappa shape index (κ1) is 15.6. The molecule has 0 radical (unpaired) electrons. The van der Waals surface area contributed by atoms with Gasteiger partial charge >= 0.3 is 5.97 Å². The quantitative estimate of drug-likeness (QED) is 0.783. The zero-order chi connectivity index (χ0) is 14.8. The van der Waals surface area contributed by atoms with Crippen molar-refractivity contribution in [2.45, 2.75) is 10.8 Å². The predicted molar refractivity (Wildman–Crippen MR) is 79.5 cm³/mol. The molecule has 0 aliphatic rings. The van der Waals surface area contributed by atoms with Crippen molar-refractivity contribution < 1.29 is 17.9 Å². The molecule has 0 spiro atoms. The number of nitrogens with one attached hydrogen (secondary N) is 1. The van der Waals surface area contributed by atoms with E-state index < -0.39 is 16.0 Å². The Morgan fingerprint density at radius 1 is 1.50 bits per heavy atom. The van der Waals surface area contributed by atoms with Gasteiger partial charge in [-0.3, -0.25) is 0 Å². The number of rotatable bonds is 5. The van der Waals surface area contributed by atoms with E-state index in [2.05, 4.69) is 30.4 Å². The molecule has 0 aliphatic heterocycles. The number of methoxy groups -OCH3 is 1. The summed E-state index contributed by atoms with van der Waals surface area (Å²) in [6.07, 6.45) is 0. The van der Waals surface area contributed by atoms with E-state index in [1.807, 2.05) is 12.1 Å². The van der Waals surface area contributed by atoms with Crippen LogP contribution in [0.3, 0.4) is 0 Å². The van der Waals surface area contributed by atoms with Crippen molar-refractivity contribution in [3.63, 3.8) is 0 Å². The number of carbonyl (C=O) groups excluding carboxylic acids is 1. The summed E-state index contributed by atoms with van der Waals surface area (Å²) in [5.74, 6) is -0.773. The Bertz CT molecular complexity index is 722. The third-order valence-corrected chi connectivity index (χ3v) is 6.62. The first-order valence-corrected chi connectivity index (χ1v) is 9.17. The molecule has 20 heavy (non-hydrogen) atoms. The van der Waals surface area contributed by atoms with E-state index in [4.69, 9.17) is 0 Å². The Kier molecular flexibility index (Phi) is 4.91. The number of sulfonamides is 1. The van der Waals surface area contributed by atoms with Crippen LogP contribution in [0.25, 0.3) is 0 Å². The minimum absolute atomic E-state index is 0.139. The highest BCUT2D eigenvalue weighted by atomic mass is 79.9. The minimum Gasteiger partial charge on any atom is -0.464 e. The molecule has 0 aliphatic carbocycles. The summed E-state index contributed by atoms with van der Waals surface area (Å²) in [7, 11) is -2.62.